The maximum absolute atomic E-state index is 12.5. The highest BCUT2D eigenvalue weighted by Gasteiger charge is 2.28. The molecule has 0 atom stereocenters. The van der Waals surface area contributed by atoms with Crippen molar-refractivity contribution in [3.63, 3.8) is 0 Å². The second-order valence-corrected chi connectivity index (χ2v) is 8.69. The molecule has 1 heterocycles. The molecule has 0 spiro atoms. The summed E-state index contributed by atoms with van der Waals surface area (Å²) in [6.07, 6.45) is 2.24. The molecule has 150 valence electrons. The van der Waals surface area contributed by atoms with Gasteiger partial charge in [-0.3, -0.25) is 4.79 Å². The molecule has 1 aliphatic heterocycles. The second kappa shape index (κ2) is 8.62. The van der Waals surface area contributed by atoms with Crippen LogP contribution in [0.15, 0.2) is 48.5 Å². The second-order valence-electron chi connectivity index (χ2n) is 6.70. The van der Waals surface area contributed by atoms with Crippen molar-refractivity contribution in [2.45, 2.75) is 12.8 Å². The lowest BCUT2D eigenvalue weighted by Crippen LogP contribution is -2.40. The number of benzene rings is 2. The largest absolute Gasteiger partial charge is 0.493 e. The van der Waals surface area contributed by atoms with E-state index in [9.17, 15) is 13.2 Å². The third-order valence-electron chi connectivity index (χ3n) is 4.71. The molecule has 1 amide bonds. The molecular formula is C20H24N2O5S. The van der Waals surface area contributed by atoms with Crippen molar-refractivity contribution in [3.8, 4) is 17.2 Å². The molecule has 0 radical (unpaired) electrons. The van der Waals surface area contributed by atoms with Gasteiger partial charge in [0.1, 0.15) is 5.75 Å². The summed E-state index contributed by atoms with van der Waals surface area (Å²) >= 11 is 0. The predicted molar refractivity (Wildman–Crippen MR) is 107 cm³/mol. The van der Waals surface area contributed by atoms with E-state index in [1.54, 1.807) is 31.4 Å². The monoisotopic (exact) mass is 404 g/mol. The zero-order valence-corrected chi connectivity index (χ0v) is 16.7. The topological polar surface area (TPSA) is 84.9 Å². The van der Waals surface area contributed by atoms with Crippen LogP contribution in [0, 0.1) is 5.92 Å². The lowest BCUT2D eigenvalue weighted by Gasteiger charge is -2.29. The molecule has 1 N–H and O–H groups in total. The maximum atomic E-state index is 12.5. The average molecular weight is 404 g/mol. The fraction of sp³-hybridized carbons (Fsp3) is 0.350. The average Bonchev–Trinajstić information content (AvgIpc) is 2.69. The molecular weight excluding hydrogens is 380 g/mol. The van der Waals surface area contributed by atoms with E-state index < -0.39 is 10.0 Å². The first-order chi connectivity index (χ1) is 13.4. The molecule has 0 unspecified atom stereocenters. The maximum Gasteiger partial charge on any atom is 0.227 e. The first-order valence-corrected chi connectivity index (χ1v) is 10.9. The molecule has 0 aliphatic carbocycles. The molecule has 2 aromatic carbocycles. The highest BCUT2D eigenvalue weighted by molar-refractivity contribution is 7.88. The van der Waals surface area contributed by atoms with Crippen molar-refractivity contribution in [1.82, 2.24) is 4.31 Å². The Kier molecular flexibility index (Phi) is 6.21. The molecule has 7 nitrogen and oxygen atoms in total. The smallest absolute Gasteiger partial charge is 0.227 e. The van der Waals surface area contributed by atoms with Crippen LogP contribution in [-0.2, 0) is 14.8 Å². The minimum absolute atomic E-state index is 0.0912. The Hall–Kier alpha value is -2.58. The molecule has 3 rings (SSSR count). The van der Waals surface area contributed by atoms with Crippen molar-refractivity contribution >= 4 is 21.6 Å². The zero-order chi connectivity index (χ0) is 20.1. The number of sulfonamides is 1. The third kappa shape index (κ3) is 5.02. The lowest BCUT2D eigenvalue weighted by atomic mass is 9.97. The highest BCUT2D eigenvalue weighted by atomic mass is 32.2. The van der Waals surface area contributed by atoms with E-state index in [1.165, 1.54) is 10.6 Å². The van der Waals surface area contributed by atoms with Crippen LogP contribution in [0.25, 0.3) is 0 Å². The Bertz CT molecular complexity index is 920. The number of piperidine rings is 1. The van der Waals surface area contributed by atoms with Gasteiger partial charge in [-0.25, -0.2) is 12.7 Å². The minimum Gasteiger partial charge on any atom is -0.493 e. The van der Waals surface area contributed by atoms with E-state index in [2.05, 4.69) is 5.32 Å². The normalized spacial score (nSPS) is 15.8. The number of carbonyl (C=O) groups excluding carboxylic acids is 1. The number of hydrogen-bond acceptors (Lipinski definition) is 5. The summed E-state index contributed by atoms with van der Waals surface area (Å²) in [5.41, 5.74) is 0.669. The number of hydrogen-bond donors (Lipinski definition) is 1. The van der Waals surface area contributed by atoms with Crippen LogP contribution in [0.5, 0.6) is 17.2 Å². The number of rotatable bonds is 6. The molecule has 1 fully saturated rings. The quantitative estimate of drug-likeness (QED) is 0.800. The van der Waals surface area contributed by atoms with Gasteiger partial charge in [0.15, 0.2) is 11.5 Å². The number of methoxy groups -OCH3 is 1. The van der Waals surface area contributed by atoms with Gasteiger partial charge in [0.05, 0.1) is 13.4 Å². The summed E-state index contributed by atoms with van der Waals surface area (Å²) in [5.74, 6) is 1.60. The number of anilines is 1. The molecule has 0 aromatic heterocycles. The predicted octanol–water partition coefficient (Wildman–Crippen LogP) is 3.10. The summed E-state index contributed by atoms with van der Waals surface area (Å²) < 4.78 is 35.6. The van der Waals surface area contributed by atoms with Crippen molar-refractivity contribution in [3.05, 3.63) is 48.5 Å². The Morgan fingerprint density at radius 2 is 1.64 bits per heavy atom. The van der Waals surface area contributed by atoms with Crippen molar-refractivity contribution in [2.24, 2.45) is 5.92 Å². The van der Waals surface area contributed by atoms with Gasteiger partial charge < -0.3 is 14.8 Å². The number of para-hydroxylation sites is 2. The van der Waals surface area contributed by atoms with E-state index >= 15 is 0 Å². The number of ether oxygens (including phenoxy) is 2. The molecule has 0 bridgehead atoms. The highest BCUT2D eigenvalue weighted by Crippen LogP contribution is 2.31. The first-order valence-electron chi connectivity index (χ1n) is 9.04. The Labute approximate surface area is 165 Å². The number of nitrogens with one attached hydrogen (secondary N) is 1. The summed E-state index contributed by atoms with van der Waals surface area (Å²) in [7, 11) is -1.61. The van der Waals surface area contributed by atoms with Gasteiger partial charge in [-0.1, -0.05) is 12.1 Å². The minimum atomic E-state index is -3.19. The summed E-state index contributed by atoms with van der Waals surface area (Å²) in [6.45, 7) is 0.755. The van der Waals surface area contributed by atoms with Crippen molar-refractivity contribution in [2.75, 3.05) is 31.8 Å². The fourth-order valence-corrected chi connectivity index (χ4v) is 4.00. The summed E-state index contributed by atoms with van der Waals surface area (Å²) in [4.78, 5) is 12.5. The standard InChI is InChI=1S/C20H24N2O5S/c1-26-18-5-3-4-6-19(18)27-17-9-7-16(8-10-17)21-20(23)15-11-13-22(14-12-15)28(2,24)25/h3-10,15H,11-14H2,1-2H3,(H,21,23). The van der Waals surface area contributed by atoms with E-state index in [1.807, 2.05) is 24.3 Å². The van der Waals surface area contributed by atoms with Gasteiger partial charge in [-0.2, -0.15) is 0 Å². The van der Waals surface area contributed by atoms with Crippen LogP contribution in [0.3, 0.4) is 0 Å². The van der Waals surface area contributed by atoms with Crippen LogP contribution in [0.2, 0.25) is 0 Å². The van der Waals surface area contributed by atoms with Crippen molar-refractivity contribution < 1.29 is 22.7 Å². The molecule has 2 aromatic rings. The van der Waals surface area contributed by atoms with Gasteiger partial charge in [-0.05, 0) is 49.2 Å². The lowest BCUT2D eigenvalue weighted by molar-refractivity contribution is -0.120. The number of carbonyl (C=O) groups is 1. The van der Waals surface area contributed by atoms with E-state index in [4.69, 9.17) is 9.47 Å². The van der Waals surface area contributed by atoms with E-state index in [0.29, 0.717) is 48.9 Å². The van der Waals surface area contributed by atoms with Gasteiger partial charge in [-0.15, -0.1) is 0 Å². The Balaban J connectivity index is 1.56. The number of amides is 1. The Morgan fingerprint density at radius 1 is 1.04 bits per heavy atom. The SMILES string of the molecule is COc1ccccc1Oc1ccc(NC(=O)C2CCN(S(C)(=O)=O)CC2)cc1. The van der Waals surface area contributed by atoms with E-state index in [-0.39, 0.29) is 11.8 Å². The molecule has 1 aliphatic rings. The molecule has 0 saturated carbocycles. The van der Waals surface area contributed by atoms with Crippen LogP contribution in [0.4, 0.5) is 5.69 Å². The Morgan fingerprint density at radius 3 is 2.21 bits per heavy atom. The summed E-state index contributed by atoms with van der Waals surface area (Å²) in [5, 5.41) is 2.89. The molecule has 1 saturated heterocycles. The van der Waals surface area contributed by atoms with Gasteiger partial charge in [0.25, 0.3) is 0 Å². The van der Waals surface area contributed by atoms with Crippen LogP contribution < -0.4 is 14.8 Å². The van der Waals surface area contributed by atoms with E-state index in [0.717, 1.165) is 0 Å². The van der Waals surface area contributed by atoms with Crippen LogP contribution in [-0.4, -0.2) is 45.1 Å². The van der Waals surface area contributed by atoms with Gasteiger partial charge >= 0.3 is 0 Å². The van der Waals surface area contributed by atoms with Crippen molar-refractivity contribution in [1.29, 1.82) is 0 Å². The van der Waals surface area contributed by atoms with Crippen LogP contribution in [0.1, 0.15) is 12.8 Å². The first kappa shape index (κ1) is 20.2. The number of nitrogens with zero attached hydrogens (tertiary/aromatic N) is 1. The van der Waals surface area contributed by atoms with Crippen LogP contribution >= 0.6 is 0 Å². The summed E-state index contributed by atoms with van der Waals surface area (Å²) in [6, 6.07) is 14.5. The molecule has 8 heteroatoms. The van der Waals surface area contributed by atoms with Gasteiger partial charge in [0.2, 0.25) is 15.9 Å². The third-order valence-corrected chi connectivity index (χ3v) is 6.02. The van der Waals surface area contributed by atoms with Gasteiger partial charge in [0, 0.05) is 24.7 Å². The fourth-order valence-electron chi connectivity index (χ4n) is 3.13. The zero-order valence-electron chi connectivity index (χ0n) is 15.9. The molecule has 28 heavy (non-hydrogen) atoms.